The summed E-state index contributed by atoms with van der Waals surface area (Å²) >= 11 is 0. The second-order valence-corrected chi connectivity index (χ2v) is 16.8. The molecular weight excluding hydrogens is 649 g/mol. The highest BCUT2D eigenvalue weighted by atomic mass is 14.6. The van der Waals surface area contributed by atoms with Crippen LogP contribution in [0.2, 0.25) is 0 Å². The van der Waals surface area contributed by atoms with Gasteiger partial charge in [-0.3, -0.25) is 0 Å². The Balaban J connectivity index is 0.991. The largest absolute Gasteiger partial charge is 0.0622 e. The third kappa shape index (κ3) is 4.32. The maximum atomic E-state index is 2.58. The fraction of sp³-hybridized carbons (Fsp3) is 0.185. The Morgan fingerprint density at radius 1 is 0.315 bits per heavy atom. The van der Waals surface area contributed by atoms with Crippen LogP contribution in [-0.2, 0) is 5.41 Å². The SMILES string of the molecule is c1ccc(-c2ccc(-c3ccc(-c4c5ccccc5c(-c5ccc6c(c5)-c5ccccc5C65C6CC7CC(C6)CC5C7)c5ccccc45)cc3)cc2)cc1. The molecule has 0 N–H and O–H groups in total. The fourth-order valence-corrected chi connectivity index (χ4v) is 12.4. The second kappa shape index (κ2) is 11.6. The molecule has 0 amide bonds. The molecule has 4 fully saturated rings. The highest BCUT2D eigenvalue weighted by molar-refractivity contribution is 6.21. The highest BCUT2D eigenvalue weighted by Crippen LogP contribution is 2.69. The van der Waals surface area contributed by atoms with E-state index in [1.165, 1.54) is 109 Å². The molecule has 5 aliphatic carbocycles. The van der Waals surface area contributed by atoms with E-state index in [9.17, 15) is 0 Å². The lowest BCUT2D eigenvalue weighted by Crippen LogP contribution is -2.55. The molecule has 4 saturated carbocycles. The molecule has 0 heteroatoms. The average molecular weight is 691 g/mol. The molecule has 0 unspecified atom stereocenters. The Labute approximate surface area is 318 Å². The number of fused-ring (bicyclic) bond motifs is 5. The number of rotatable bonds is 4. The molecule has 0 atom stereocenters. The first-order valence-corrected chi connectivity index (χ1v) is 20.2. The van der Waals surface area contributed by atoms with Crippen LogP contribution < -0.4 is 0 Å². The molecule has 0 radical (unpaired) electrons. The van der Waals surface area contributed by atoms with Crippen LogP contribution >= 0.6 is 0 Å². The maximum absolute atomic E-state index is 2.58. The molecule has 0 nitrogen and oxygen atoms in total. The third-order valence-corrected chi connectivity index (χ3v) is 14.3. The van der Waals surface area contributed by atoms with E-state index in [1.807, 2.05) is 0 Å². The fourth-order valence-electron chi connectivity index (χ4n) is 12.4. The van der Waals surface area contributed by atoms with E-state index in [1.54, 1.807) is 11.1 Å². The molecule has 0 aliphatic heterocycles. The number of benzene rings is 8. The van der Waals surface area contributed by atoms with Gasteiger partial charge in [-0.1, -0.05) is 164 Å². The van der Waals surface area contributed by atoms with Crippen molar-refractivity contribution in [2.24, 2.45) is 23.7 Å². The van der Waals surface area contributed by atoms with Crippen LogP contribution in [-0.4, -0.2) is 0 Å². The van der Waals surface area contributed by atoms with Crippen LogP contribution in [0.3, 0.4) is 0 Å². The Morgan fingerprint density at radius 3 is 1.28 bits per heavy atom. The smallest absolute Gasteiger partial charge is 0.0271 e. The quantitative estimate of drug-likeness (QED) is 0.161. The Morgan fingerprint density at radius 2 is 0.722 bits per heavy atom. The van der Waals surface area contributed by atoms with Gasteiger partial charge in [0.1, 0.15) is 0 Å². The zero-order valence-corrected chi connectivity index (χ0v) is 30.5. The summed E-state index contributed by atoms with van der Waals surface area (Å²) in [5.41, 5.74) is 16.6. The Kier molecular flexibility index (Phi) is 6.62. The van der Waals surface area contributed by atoms with E-state index in [0.717, 1.165) is 23.7 Å². The maximum Gasteiger partial charge on any atom is 0.0271 e. The normalized spacial score (nSPS) is 23.3. The van der Waals surface area contributed by atoms with Gasteiger partial charge < -0.3 is 0 Å². The summed E-state index contributed by atoms with van der Waals surface area (Å²) in [6.07, 6.45) is 7.16. The minimum Gasteiger partial charge on any atom is -0.0622 e. The molecular formula is C54H42. The topological polar surface area (TPSA) is 0 Å². The molecule has 4 bridgehead atoms. The summed E-state index contributed by atoms with van der Waals surface area (Å²) in [6, 6.07) is 64.2. The summed E-state index contributed by atoms with van der Waals surface area (Å²) in [5.74, 6) is 3.46. The summed E-state index contributed by atoms with van der Waals surface area (Å²) < 4.78 is 0. The standard InChI is InChI=1S/C54H42/c1-2-10-36(11-3-1)37-18-20-38(21-19-37)39-22-24-40(25-23-39)52-45-13-4-6-15-47(45)53(48-16-7-5-14-46(48)52)41-26-27-51-49(33-41)44-12-8-9-17-50(44)54(51)42-29-34-28-35(31-42)32-43(54)30-34/h1-27,33-35,42-43H,28-32H2. The second-order valence-electron chi connectivity index (χ2n) is 16.8. The predicted octanol–water partition coefficient (Wildman–Crippen LogP) is 14.4. The summed E-state index contributed by atoms with van der Waals surface area (Å²) in [4.78, 5) is 0. The monoisotopic (exact) mass is 690 g/mol. The van der Waals surface area contributed by atoms with Crippen molar-refractivity contribution in [3.05, 3.63) is 181 Å². The molecule has 0 aromatic heterocycles. The van der Waals surface area contributed by atoms with Gasteiger partial charge in [0, 0.05) is 5.41 Å². The van der Waals surface area contributed by atoms with E-state index >= 15 is 0 Å². The van der Waals surface area contributed by atoms with Gasteiger partial charge in [0.25, 0.3) is 0 Å². The molecule has 0 saturated heterocycles. The average Bonchev–Trinajstić information content (AvgIpc) is 3.52. The predicted molar refractivity (Wildman–Crippen MR) is 226 cm³/mol. The third-order valence-electron chi connectivity index (χ3n) is 14.3. The number of hydrogen-bond acceptors (Lipinski definition) is 0. The Bertz CT molecular complexity index is 2660. The van der Waals surface area contributed by atoms with Crippen LogP contribution in [0.25, 0.3) is 77.2 Å². The lowest BCUT2D eigenvalue weighted by atomic mass is 9.43. The van der Waals surface area contributed by atoms with Gasteiger partial charge in [-0.15, -0.1) is 0 Å². The number of hydrogen-bond donors (Lipinski definition) is 0. The van der Waals surface area contributed by atoms with Crippen LogP contribution in [0.1, 0.15) is 43.2 Å². The first-order chi connectivity index (χ1) is 26.7. The Hall–Kier alpha value is -5.72. The molecule has 8 aromatic rings. The minimum absolute atomic E-state index is 0.196. The first-order valence-electron chi connectivity index (χ1n) is 20.2. The summed E-state index contributed by atoms with van der Waals surface area (Å²) in [6.45, 7) is 0. The van der Waals surface area contributed by atoms with Crippen LogP contribution in [0.5, 0.6) is 0 Å². The van der Waals surface area contributed by atoms with Crippen molar-refractivity contribution in [2.45, 2.75) is 37.5 Å². The zero-order chi connectivity index (χ0) is 35.4. The van der Waals surface area contributed by atoms with Gasteiger partial charge in [0.05, 0.1) is 0 Å². The highest BCUT2D eigenvalue weighted by Gasteiger charge is 2.61. The van der Waals surface area contributed by atoms with Crippen LogP contribution in [0, 0.1) is 23.7 Å². The molecule has 258 valence electrons. The van der Waals surface area contributed by atoms with E-state index in [2.05, 4.69) is 170 Å². The van der Waals surface area contributed by atoms with Crippen molar-refractivity contribution in [3.63, 3.8) is 0 Å². The van der Waals surface area contributed by atoms with E-state index in [-0.39, 0.29) is 5.41 Å². The van der Waals surface area contributed by atoms with E-state index in [0.29, 0.717) is 0 Å². The first kappa shape index (κ1) is 30.7. The van der Waals surface area contributed by atoms with Crippen molar-refractivity contribution in [1.82, 2.24) is 0 Å². The van der Waals surface area contributed by atoms with Crippen LogP contribution in [0.15, 0.2) is 170 Å². The van der Waals surface area contributed by atoms with Crippen molar-refractivity contribution in [3.8, 4) is 55.6 Å². The van der Waals surface area contributed by atoms with E-state index in [4.69, 9.17) is 0 Å². The van der Waals surface area contributed by atoms with Gasteiger partial charge in [0.15, 0.2) is 0 Å². The molecule has 54 heavy (non-hydrogen) atoms. The zero-order valence-electron chi connectivity index (χ0n) is 30.5. The molecule has 8 aromatic carbocycles. The molecule has 1 spiro atoms. The van der Waals surface area contributed by atoms with Crippen LogP contribution in [0.4, 0.5) is 0 Å². The molecule has 0 heterocycles. The van der Waals surface area contributed by atoms with Gasteiger partial charge in [-0.05, 0) is 150 Å². The van der Waals surface area contributed by atoms with Crippen molar-refractivity contribution in [2.75, 3.05) is 0 Å². The van der Waals surface area contributed by atoms with Gasteiger partial charge in [-0.25, -0.2) is 0 Å². The van der Waals surface area contributed by atoms with Gasteiger partial charge in [0.2, 0.25) is 0 Å². The lowest BCUT2D eigenvalue weighted by molar-refractivity contribution is -0.0399. The summed E-state index contributed by atoms with van der Waals surface area (Å²) in [5, 5.41) is 5.26. The lowest BCUT2D eigenvalue weighted by Gasteiger charge is -2.61. The molecule has 5 aliphatic rings. The van der Waals surface area contributed by atoms with Gasteiger partial charge in [-0.2, -0.15) is 0 Å². The molecule has 13 rings (SSSR count). The summed E-state index contributed by atoms with van der Waals surface area (Å²) in [7, 11) is 0. The van der Waals surface area contributed by atoms with Crippen molar-refractivity contribution < 1.29 is 0 Å². The van der Waals surface area contributed by atoms with Crippen molar-refractivity contribution in [1.29, 1.82) is 0 Å². The van der Waals surface area contributed by atoms with Crippen molar-refractivity contribution >= 4 is 21.5 Å². The minimum atomic E-state index is 0.196. The van der Waals surface area contributed by atoms with E-state index < -0.39 is 0 Å². The van der Waals surface area contributed by atoms with Gasteiger partial charge >= 0.3 is 0 Å².